The molecule has 0 saturated carbocycles. The van der Waals surface area contributed by atoms with E-state index in [0.717, 1.165) is 6.07 Å². The molecule has 1 aromatic rings. The number of carbonyl (C=O) groups excluding carboxylic acids is 1. The van der Waals surface area contributed by atoms with E-state index >= 15 is 0 Å². The highest BCUT2D eigenvalue weighted by Gasteiger charge is 2.19. The Bertz CT molecular complexity index is 428. The van der Waals surface area contributed by atoms with Crippen LogP contribution in [0.25, 0.3) is 0 Å². The summed E-state index contributed by atoms with van der Waals surface area (Å²) in [5.74, 6) is -1.23. The third kappa shape index (κ3) is 3.80. The molecule has 0 aliphatic rings. The predicted molar refractivity (Wildman–Crippen MR) is 64.5 cm³/mol. The second kappa shape index (κ2) is 6.48. The number of ether oxygens (including phenoxy) is 1. The van der Waals surface area contributed by atoms with Gasteiger partial charge >= 0.3 is 13.1 Å². The van der Waals surface area contributed by atoms with Crippen LogP contribution in [0.4, 0.5) is 4.39 Å². The van der Waals surface area contributed by atoms with Crippen molar-refractivity contribution in [3.8, 4) is 0 Å². The molecule has 0 aliphatic heterocycles. The molecule has 1 aromatic carbocycles. The molecule has 0 unspecified atom stereocenters. The molecule has 0 spiro atoms. The van der Waals surface area contributed by atoms with E-state index in [1.54, 1.807) is 6.92 Å². The Morgan fingerprint density at radius 1 is 1.56 bits per heavy atom. The van der Waals surface area contributed by atoms with Crippen LogP contribution in [0.5, 0.6) is 0 Å². The van der Waals surface area contributed by atoms with E-state index in [9.17, 15) is 9.18 Å². The molecule has 0 aliphatic carbocycles. The van der Waals surface area contributed by atoms with Gasteiger partial charge in [0.1, 0.15) is 11.9 Å². The van der Waals surface area contributed by atoms with Gasteiger partial charge in [0.2, 0.25) is 0 Å². The maximum absolute atomic E-state index is 13.6. The van der Waals surface area contributed by atoms with Gasteiger partial charge in [-0.1, -0.05) is 12.1 Å². The van der Waals surface area contributed by atoms with Crippen molar-refractivity contribution in [3.63, 3.8) is 0 Å². The third-order valence-electron chi connectivity index (χ3n) is 2.40. The molecule has 1 rings (SSSR count). The van der Waals surface area contributed by atoms with E-state index in [0.29, 0.717) is 0 Å². The van der Waals surface area contributed by atoms with Crippen LogP contribution in [0.15, 0.2) is 18.2 Å². The van der Waals surface area contributed by atoms with Gasteiger partial charge in [0, 0.05) is 6.42 Å². The number of nitrogens with two attached hydrogens (primary N) is 1. The summed E-state index contributed by atoms with van der Waals surface area (Å²) in [6.45, 7) is 1.87. The van der Waals surface area contributed by atoms with Gasteiger partial charge in [-0.25, -0.2) is 4.39 Å². The number of halogens is 1. The minimum absolute atomic E-state index is 0.00747. The summed E-state index contributed by atoms with van der Waals surface area (Å²) in [7, 11) is -1.73. The van der Waals surface area contributed by atoms with Crippen molar-refractivity contribution in [3.05, 3.63) is 29.6 Å². The maximum atomic E-state index is 13.6. The first-order chi connectivity index (χ1) is 8.45. The third-order valence-corrected chi connectivity index (χ3v) is 2.40. The lowest BCUT2D eigenvalue weighted by molar-refractivity contribution is -0.144. The highest BCUT2D eigenvalue weighted by atomic mass is 19.1. The van der Waals surface area contributed by atoms with Crippen molar-refractivity contribution in [1.82, 2.24) is 0 Å². The Morgan fingerprint density at radius 2 is 2.22 bits per heavy atom. The molecule has 98 valence electrons. The molecule has 0 radical (unpaired) electrons. The quantitative estimate of drug-likeness (QED) is 0.460. The first kappa shape index (κ1) is 14.6. The maximum Gasteiger partial charge on any atom is 0.488 e. The van der Waals surface area contributed by atoms with Crippen molar-refractivity contribution in [2.75, 3.05) is 6.61 Å². The molecule has 0 amide bonds. The van der Waals surface area contributed by atoms with Gasteiger partial charge in [0.05, 0.1) is 6.61 Å². The summed E-state index contributed by atoms with van der Waals surface area (Å²) in [6, 6.07) is 2.78. The Hall–Kier alpha value is -1.44. The molecular weight excluding hydrogens is 240 g/mol. The average molecular weight is 255 g/mol. The van der Waals surface area contributed by atoms with E-state index in [2.05, 4.69) is 0 Å². The summed E-state index contributed by atoms with van der Waals surface area (Å²) >= 11 is 0. The lowest BCUT2D eigenvalue weighted by Crippen LogP contribution is -2.35. The predicted octanol–water partition coefficient (Wildman–Crippen LogP) is -1.06. The lowest BCUT2D eigenvalue weighted by atomic mass is 9.79. The van der Waals surface area contributed by atoms with Crippen molar-refractivity contribution in [2.24, 2.45) is 5.73 Å². The van der Waals surface area contributed by atoms with E-state index in [1.807, 2.05) is 0 Å². The van der Waals surface area contributed by atoms with Gasteiger partial charge in [-0.3, -0.25) is 4.79 Å². The number of hydrogen-bond donors (Lipinski definition) is 3. The molecular formula is C11H15BFNO4. The molecule has 0 bridgehead atoms. The van der Waals surface area contributed by atoms with Crippen molar-refractivity contribution < 1.29 is 24.0 Å². The van der Waals surface area contributed by atoms with E-state index < -0.39 is 24.9 Å². The Balaban J connectivity index is 2.76. The van der Waals surface area contributed by atoms with Crippen LogP contribution >= 0.6 is 0 Å². The van der Waals surface area contributed by atoms with Crippen LogP contribution in [0.2, 0.25) is 0 Å². The van der Waals surface area contributed by atoms with Crippen molar-refractivity contribution in [2.45, 2.75) is 19.4 Å². The minimum atomic E-state index is -1.73. The van der Waals surface area contributed by atoms with Crippen LogP contribution in [0.1, 0.15) is 12.5 Å². The lowest BCUT2D eigenvalue weighted by Gasteiger charge is -2.11. The van der Waals surface area contributed by atoms with Gasteiger partial charge in [0.15, 0.2) is 0 Å². The van der Waals surface area contributed by atoms with Crippen molar-refractivity contribution in [1.29, 1.82) is 0 Å². The highest BCUT2D eigenvalue weighted by Crippen LogP contribution is 2.08. The number of esters is 1. The second-order valence-electron chi connectivity index (χ2n) is 3.79. The molecule has 0 heterocycles. The van der Waals surface area contributed by atoms with Crippen LogP contribution in [-0.4, -0.2) is 35.8 Å². The first-order valence-corrected chi connectivity index (χ1v) is 5.52. The molecule has 4 N–H and O–H groups in total. The molecule has 7 heteroatoms. The zero-order valence-electron chi connectivity index (χ0n) is 9.97. The summed E-state index contributed by atoms with van der Waals surface area (Å²) in [4.78, 5) is 11.3. The largest absolute Gasteiger partial charge is 0.488 e. The fourth-order valence-electron chi connectivity index (χ4n) is 1.46. The number of benzene rings is 1. The fraction of sp³-hybridized carbons (Fsp3) is 0.364. The zero-order valence-corrected chi connectivity index (χ0v) is 9.97. The standard InChI is InChI=1S/C11H15BFNO4/c1-2-18-11(15)10(14)5-7-3-4-8(12(16)17)6-9(7)13/h3-4,6,10,16-17H,2,5,14H2,1H3/t10-/m0/s1. The number of carbonyl (C=O) groups is 1. The summed E-state index contributed by atoms with van der Waals surface area (Å²) in [5, 5.41) is 17.7. The molecule has 5 nitrogen and oxygen atoms in total. The van der Waals surface area contributed by atoms with Gasteiger partial charge in [0.25, 0.3) is 0 Å². The Labute approximate surface area is 105 Å². The smallest absolute Gasteiger partial charge is 0.465 e. The second-order valence-corrected chi connectivity index (χ2v) is 3.79. The van der Waals surface area contributed by atoms with E-state index in [-0.39, 0.29) is 24.1 Å². The number of rotatable bonds is 5. The fourth-order valence-corrected chi connectivity index (χ4v) is 1.46. The van der Waals surface area contributed by atoms with Gasteiger partial charge in [-0.15, -0.1) is 0 Å². The number of hydrogen-bond acceptors (Lipinski definition) is 5. The van der Waals surface area contributed by atoms with Gasteiger partial charge in [-0.05, 0) is 24.0 Å². The van der Waals surface area contributed by atoms with E-state index in [4.69, 9.17) is 20.5 Å². The summed E-state index contributed by atoms with van der Waals surface area (Å²) in [6.07, 6.45) is -0.00747. The summed E-state index contributed by atoms with van der Waals surface area (Å²) in [5.41, 5.74) is 5.83. The topological polar surface area (TPSA) is 92.8 Å². The minimum Gasteiger partial charge on any atom is -0.465 e. The highest BCUT2D eigenvalue weighted by molar-refractivity contribution is 6.58. The van der Waals surface area contributed by atoms with Crippen LogP contribution in [0.3, 0.4) is 0 Å². The first-order valence-electron chi connectivity index (χ1n) is 5.52. The monoisotopic (exact) mass is 255 g/mol. The van der Waals surface area contributed by atoms with Crippen LogP contribution in [0, 0.1) is 5.82 Å². The Kier molecular flexibility index (Phi) is 5.27. The molecule has 0 fully saturated rings. The SMILES string of the molecule is CCOC(=O)[C@@H](N)Cc1ccc(B(O)O)cc1F. The van der Waals surface area contributed by atoms with Gasteiger partial charge in [-0.2, -0.15) is 0 Å². The van der Waals surface area contributed by atoms with Crippen LogP contribution in [-0.2, 0) is 16.0 Å². The molecule has 1 atom stereocenters. The Morgan fingerprint density at radius 3 is 2.72 bits per heavy atom. The normalized spacial score (nSPS) is 12.1. The average Bonchev–Trinajstić information content (AvgIpc) is 2.31. The van der Waals surface area contributed by atoms with Gasteiger partial charge < -0.3 is 20.5 Å². The van der Waals surface area contributed by atoms with E-state index in [1.165, 1.54) is 12.1 Å². The van der Waals surface area contributed by atoms with Crippen molar-refractivity contribution >= 4 is 18.6 Å². The molecule has 0 aromatic heterocycles. The zero-order chi connectivity index (χ0) is 13.7. The van der Waals surface area contributed by atoms with Crippen LogP contribution < -0.4 is 11.2 Å². The molecule has 18 heavy (non-hydrogen) atoms. The molecule has 0 saturated heterocycles. The summed E-state index contributed by atoms with van der Waals surface area (Å²) < 4.78 is 18.3.